The van der Waals surface area contributed by atoms with Gasteiger partial charge in [0.2, 0.25) is 10.0 Å². The summed E-state index contributed by atoms with van der Waals surface area (Å²) in [6.45, 7) is 1.86. The van der Waals surface area contributed by atoms with Gasteiger partial charge >= 0.3 is 0 Å². The lowest BCUT2D eigenvalue weighted by molar-refractivity contribution is 0.0620. The minimum Gasteiger partial charge on any atom is -0.495 e. The molecule has 5 nitrogen and oxygen atoms in total. The predicted molar refractivity (Wildman–Crippen MR) is 81.4 cm³/mol. The van der Waals surface area contributed by atoms with Crippen molar-refractivity contribution in [3.8, 4) is 5.75 Å². The van der Waals surface area contributed by atoms with Gasteiger partial charge in [0.1, 0.15) is 10.6 Å². The van der Waals surface area contributed by atoms with Gasteiger partial charge in [-0.2, -0.15) is 0 Å². The molecule has 1 aliphatic rings. The highest BCUT2D eigenvalue weighted by Gasteiger charge is 2.27. The summed E-state index contributed by atoms with van der Waals surface area (Å²) < 4.78 is 37.2. The smallest absolute Gasteiger partial charge is 0.246 e. The van der Waals surface area contributed by atoms with Crippen molar-refractivity contribution in [1.29, 1.82) is 0 Å². The number of benzene rings is 1. The number of nitrogens with zero attached hydrogens (tertiary/aromatic N) is 1. The fourth-order valence-electron chi connectivity index (χ4n) is 2.41. The second-order valence-corrected chi connectivity index (χ2v) is 7.59. The van der Waals surface area contributed by atoms with Crippen LogP contribution in [-0.4, -0.2) is 46.6 Å². The lowest BCUT2D eigenvalue weighted by Crippen LogP contribution is -2.34. The molecule has 1 saturated heterocycles. The van der Waals surface area contributed by atoms with E-state index in [0.29, 0.717) is 36.4 Å². The zero-order valence-corrected chi connectivity index (χ0v) is 13.8. The fourth-order valence-corrected chi connectivity index (χ4v) is 4.07. The Morgan fingerprint density at radius 2 is 2.05 bits per heavy atom. The van der Waals surface area contributed by atoms with E-state index in [4.69, 9.17) is 21.1 Å². The van der Waals surface area contributed by atoms with Gasteiger partial charge in [-0.15, -0.1) is 0 Å². The summed E-state index contributed by atoms with van der Waals surface area (Å²) in [6, 6.07) is 4.60. The van der Waals surface area contributed by atoms with Gasteiger partial charge in [0.15, 0.2) is 0 Å². The van der Waals surface area contributed by atoms with E-state index >= 15 is 0 Å². The van der Waals surface area contributed by atoms with Crippen LogP contribution in [0.5, 0.6) is 5.75 Å². The van der Waals surface area contributed by atoms with Crippen molar-refractivity contribution in [2.75, 3.05) is 33.9 Å². The molecular weight excluding hydrogens is 314 g/mol. The summed E-state index contributed by atoms with van der Waals surface area (Å²) in [5.41, 5.74) is 0. The summed E-state index contributed by atoms with van der Waals surface area (Å²) in [4.78, 5) is 0.104. The molecule has 1 fully saturated rings. The minimum atomic E-state index is -3.62. The first-order valence-corrected chi connectivity index (χ1v) is 8.64. The number of hydrogen-bond donors (Lipinski definition) is 0. The monoisotopic (exact) mass is 333 g/mol. The number of hydrogen-bond acceptors (Lipinski definition) is 4. The average Bonchev–Trinajstić information content (AvgIpc) is 2.48. The zero-order valence-electron chi connectivity index (χ0n) is 12.2. The standard InChI is InChI=1S/C14H20ClNO4S/c1-16(10-11-5-7-20-8-6-11)21(17,18)14-9-12(15)3-4-13(14)19-2/h3-4,9,11H,5-8,10H2,1-2H3. The Bertz CT molecular complexity index is 585. The highest BCUT2D eigenvalue weighted by molar-refractivity contribution is 7.89. The van der Waals surface area contributed by atoms with Gasteiger partial charge in [0.05, 0.1) is 7.11 Å². The van der Waals surface area contributed by atoms with Crippen molar-refractivity contribution < 1.29 is 17.9 Å². The maximum Gasteiger partial charge on any atom is 0.246 e. The van der Waals surface area contributed by atoms with Crippen LogP contribution in [0.2, 0.25) is 5.02 Å². The number of sulfonamides is 1. The first-order valence-electron chi connectivity index (χ1n) is 6.82. The van der Waals surface area contributed by atoms with E-state index in [2.05, 4.69) is 0 Å². The van der Waals surface area contributed by atoms with Gasteiger partial charge in [-0.05, 0) is 37.0 Å². The highest BCUT2D eigenvalue weighted by atomic mass is 35.5. The van der Waals surface area contributed by atoms with Crippen molar-refractivity contribution in [2.24, 2.45) is 5.92 Å². The largest absolute Gasteiger partial charge is 0.495 e. The molecule has 1 heterocycles. The van der Waals surface area contributed by atoms with Gasteiger partial charge < -0.3 is 9.47 Å². The highest BCUT2D eigenvalue weighted by Crippen LogP contribution is 2.30. The molecule has 0 atom stereocenters. The van der Waals surface area contributed by atoms with Crippen LogP contribution >= 0.6 is 11.6 Å². The molecule has 0 saturated carbocycles. The molecule has 7 heteroatoms. The second-order valence-electron chi connectivity index (χ2n) is 5.14. The lowest BCUT2D eigenvalue weighted by atomic mass is 10.0. The van der Waals surface area contributed by atoms with Crippen LogP contribution < -0.4 is 4.74 Å². The molecule has 0 N–H and O–H groups in total. The lowest BCUT2D eigenvalue weighted by Gasteiger charge is -2.27. The third kappa shape index (κ3) is 3.88. The van der Waals surface area contributed by atoms with Gasteiger partial charge in [-0.25, -0.2) is 12.7 Å². The minimum absolute atomic E-state index is 0.104. The zero-order chi connectivity index (χ0) is 15.5. The number of halogens is 1. The molecule has 1 aromatic carbocycles. The Kier molecular flexibility index (Phi) is 5.48. The Labute approximate surface area is 130 Å². The summed E-state index contributed by atoms with van der Waals surface area (Å²) in [5.74, 6) is 0.627. The van der Waals surface area contributed by atoms with Crippen LogP contribution in [0.4, 0.5) is 0 Å². The molecule has 0 aromatic heterocycles. The Morgan fingerprint density at radius 3 is 2.67 bits per heavy atom. The van der Waals surface area contributed by atoms with E-state index < -0.39 is 10.0 Å². The Hall–Kier alpha value is -0.820. The van der Waals surface area contributed by atoms with Crippen LogP contribution in [0, 0.1) is 5.92 Å². The van der Waals surface area contributed by atoms with Gasteiger partial charge in [0, 0.05) is 31.8 Å². The van der Waals surface area contributed by atoms with E-state index in [9.17, 15) is 8.42 Å². The van der Waals surface area contributed by atoms with E-state index in [1.165, 1.54) is 17.5 Å². The average molecular weight is 334 g/mol. The molecule has 0 unspecified atom stereocenters. The molecule has 21 heavy (non-hydrogen) atoms. The third-order valence-corrected chi connectivity index (χ3v) is 5.75. The molecule has 118 valence electrons. The van der Waals surface area contributed by atoms with Crippen molar-refractivity contribution in [2.45, 2.75) is 17.7 Å². The second kappa shape index (κ2) is 6.96. The molecule has 2 rings (SSSR count). The first kappa shape index (κ1) is 16.5. The van der Waals surface area contributed by atoms with E-state index in [1.54, 1.807) is 19.2 Å². The van der Waals surface area contributed by atoms with Crippen LogP contribution in [0.15, 0.2) is 23.1 Å². The first-order chi connectivity index (χ1) is 9.95. The maximum absolute atomic E-state index is 12.7. The molecule has 0 bridgehead atoms. The predicted octanol–water partition coefficient (Wildman–Crippen LogP) is 2.40. The third-order valence-electron chi connectivity index (χ3n) is 3.67. The molecular formula is C14H20ClNO4S. The van der Waals surface area contributed by atoms with Crippen molar-refractivity contribution in [3.05, 3.63) is 23.2 Å². The summed E-state index contributed by atoms with van der Waals surface area (Å²) in [6.07, 6.45) is 1.76. The molecule has 0 amide bonds. The van der Waals surface area contributed by atoms with Crippen molar-refractivity contribution >= 4 is 21.6 Å². The fraction of sp³-hybridized carbons (Fsp3) is 0.571. The summed E-state index contributed by atoms with van der Waals surface area (Å²) in [7, 11) is -0.587. The summed E-state index contributed by atoms with van der Waals surface area (Å²) in [5, 5.41) is 0.369. The Morgan fingerprint density at radius 1 is 1.38 bits per heavy atom. The Balaban J connectivity index is 2.22. The molecule has 0 spiro atoms. The quantitative estimate of drug-likeness (QED) is 0.830. The molecule has 0 radical (unpaired) electrons. The van der Waals surface area contributed by atoms with E-state index in [0.717, 1.165) is 12.8 Å². The summed E-state index contributed by atoms with van der Waals surface area (Å²) >= 11 is 5.92. The van der Waals surface area contributed by atoms with E-state index in [1.807, 2.05) is 0 Å². The van der Waals surface area contributed by atoms with Crippen LogP contribution in [0.1, 0.15) is 12.8 Å². The van der Waals surface area contributed by atoms with Crippen molar-refractivity contribution in [3.63, 3.8) is 0 Å². The topological polar surface area (TPSA) is 55.8 Å². The molecule has 1 aliphatic heterocycles. The number of ether oxygens (including phenoxy) is 2. The van der Waals surface area contributed by atoms with Crippen LogP contribution in [-0.2, 0) is 14.8 Å². The number of rotatable bonds is 5. The number of methoxy groups -OCH3 is 1. The van der Waals surface area contributed by atoms with Gasteiger partial charge in [-0.3, -0.25) is 0 Å². The van der Waals surface area contributed by atoms with E-state index in [-0.39, 0.29) is 4.90 Å². The normalized spacial score (nSPS) is 17.1. The van der Waals surface area contributed by atoms with Crippen LogP contribution in [0.3, 0.4) is 0 Å². The van der Waals surface area contributed by atoms with Crippen molar-refractivity contribution in [1.82, 2.24) is 4.31 Å². The molecule has 1 aromatic rings. The van der Waals surface area contributed by atoms with Gasteiger partial charge in [0.25, 0.3) is 0 Å². The molecule has 0 aliphatic carbocycles. The SMILES string of the molecule is COc1ccc(Cl)cc1S(=O)(=O)N(C)CC1CCOCC1. The van der Waals surface area contributed by atoms with Crippen LogP contribution in [0.25, 0.3) is 0 Å². The maximum atomic E-state index is 12.7. The van der Waals surface area contributed by atoms with Gasteiger partial charge in [-0.1, -0.05) is 11.6 Å².